The summed E-state index contributed by atoms with van der Waals surface area (Å²) in [7, 11) is 0. The molecule has 1 amide bonds. The van der Waals surface area contributed by atoms with Crippen molar-refractivity contribution in [3.05, 3.63) is 22.4 Å². The minimum Gasteiger partial charge on any atom is -0.441 e. The standard InChI is InChI=1S/C12H14BrN3O3/c1-12(19-11(14)18)2-3-16(7-12)10-8(6-17)4-15-5-9(10)13/h4-6H,2-3,7H2,1H3,(H2,14,18). The van der Waals surface area contributed by atoms with E-state index in [9.17, 15) is 9.59 Å². The second-order valence-electron chi connectivity index (χ2n) is 4.72. The molecule has 1 fully saturated rings. The van der Waals surface area contributed by atoms with Crippen LogP contribution in [0.2, 0.25) is 0 Å². The highest BCUT2D eigenvalue weighted by Crippen LogP contribution is 2.35. The Labute approximate surface area is 119 Å². The maximum Gasteiger partial charge on any atom is 0.405 e. The van der Waals surface area contributed by atoms with Crippen LogP contribution in [0.3, 0.4) is 0 Å². The van der Waals surface area contributed by atoms with Crippen LogP contribution in [0.1, 0.15) is 23.7 Å². The predicted molar refractivity (Wildman–Crippen MR) is 73.2 cm³/mol. The molecule has 6 nitrogen and oxygen atoms in total. The number of carbonyl (C=O) groups excluding carboxylic acids is 2. The van der Waals surface area contributed by atoms with Crippen molar-refractivity contribution >= 4 is 34.0 Å². The van der Waals surface area contributed by atoms with Crippen molar-refractivity contribution in [2.24, 2.45) is 5.73 Å². The lowest BCUT2D eigenvalue weighted by atomic mass is 10.1. The number of aromatic nitrogens is 1. The van der Waals surface area contributed by atoms with Gasteiger partial charge in [0.25, 0.3) is 0 Å². The number of hydrogen-bond acceptors (Lipinski definition) is 5. The maximum absolute atomic E-state index is 11.1. The van der Waals surface area contributed by atoms with Gasteiger partial charge < -0.3 is 15.4 Å². The highest BCUT2D eigenvalue weighted by atomic mass is 79.9. The third-order valence-corrected chi connectivity index (χ3v) is 3.71. The van der Waals surface area contributed by atoms with Crippen LogP contribution in [0, 0.1) is 0 Å². The Kier molecular flexibility index (Phi) is 3.75. The summed E-state index contributed by atoms with van der Waals surface area (Å²) in [6, 6.07) is 0. The third-order valence-electron chi connectivity index (χ3n) is 3.13. The number of primary amides is 1. The van der Waals surface area contributed by atoms with E-state index in [4.69, 9.17) is 10.5 Å². The van der Waals surface area contributed by atoms with E-state index in [-0.39, 0.29) is 0 Å². The Hall–Kier alpha value is -1.63. The van der Waals surface area contributed by atoms with E-state index in [1.54, 1.807) is 6.20 Å². The van der Waals surface area contributed by atoms with Crippen molar-refractivity contribution in [2.45, 2.75) is 18.9 Å². The molecule has 1 aliphatic rings. The summed E-state index contributed by atoms with van der Waals surface area (Å²) in [4.78, 5) is 27.9. The first-order chi connectivity index (χ1) is 8.95. The average Bonchev–Trinajstić information content (AvgIpc) is 2.69. The number of halogens is 1. The highest BCUT2D eigenvalue weighted by molar-refractivity contribution is 9.10. The lowest BCUT2D eigenvalue weighted by Gasteiger charge is -2.26. The zero-order chi connectivity index (χ0) is 14.0. The number of anilines is 1. The van der Waals surface area contributed by atoms with Crippen LogP contribution in [-0.4, -0.2) is 36.1 Å². The number of rotatable bonds is 3. The van der Waals surface area contributed by atoms with Crippen molar-refractivity contribution in [1.82, 2.24) is 4.98 Å². The number of carbonyl (C=O) groups is 2. The average molecular weight is 328 g/mol. The minimum absolute atomic E-state index is 0.486. The molecular formula is C12H14BrN3O3. The Bertz CT molecular complexity index is 523. The van der Waals surface area contributed by atoms with Gasteiger partial charge in [0.1, 0.15) is 5.60 Å². The summed E-state index contributed by atoms with van der Waals surface area (Å²) < 4.78 is 5.88. The summed E-state index contributed by atoms with van der Waals surface area (Å²) in [5.41, 5.74) is 5.71. The second kappa shape index (κ2) is 5.16. The molecule has 0 spiro atoms. The van der Waals surface area contributed by atoms with E-state index in [1.165, 1.54) is 6.20 Å². The van der Waals surface area contributed by atoms with Crippen LogP contribution in [0.25, 0.3) is 0 Å². The van der Waals surface area contributed by atoms with Crippen LogP contribution in [0.4, 0.5) is 10.5 Å². The number of pyridine rings is 1. The summed E-state index contributed by atoms with van der Waals surface area (Å²) in [6.07, 6.45) is 3.78. The van der Waals surface area contributed by atoms with Gasteiger partial charge in [0.15, 0.2) is 6.29 Å². The van der Waals surface area contributed by atoms with E-state index >= 15 is 0 Å². The van der Waals surface area contributed by atoms with Crippen LogP contribution in [-0.2, 0) is 4.74 Å². The topological polar surface area (TPSA) is 85.5 Å². The summed E-state index contributed by atoms with van der Waals surface area (Å²) >= 11 is 3.39. The van der Waals surface area contributed by atoms with E-state index in [0.717, 1.165) is 16.4 Å². The largest absolute Gasteiger partial charge is 0.441 e. The van der Waals surface area contributed by atoms with Crippen LogP contribution in [0.5, 0.6) is 0 Å². The van der Waals surface area contributed by atoms with Crippen molar-refractivity contribution in [2.75, 3.05) is 18.0 Å². The van der Waals surface area contributed by atoms with Gasteiger partial charge in [-0.05, 0) is 22.9 Å². The lowest BCUT2D eigenvalue weighted by Crippen LogP contribution is -2.37. The summed E-state index contributed by atoms with van der Waals surface area (Å²) in [6.45, 7) is 2.99. The molecule has 0 saturated carbocycles. The molecule has 2 rings (SSSR count). The van der Waals surface area contributed by atoms with Crippen LogP contribution >= 0.6 is 15.9 Å². The van der Waals surface area contributed by atoms with E-state index in [1.807, 2.05) is 11.8 Å². The van der Waals surface area contributed by atoms with E-state index in [2.05, 4.69) is 20.9 Å². The Morgan fingerprint density at radius 1 is 1.63 bits per heavy atom. The molecule has 2 heterocycles. The highest BCUT2D eigenvalue weighted by Gasteiger charge is 2.38. The van der Waals surface area contributed by atoms with E-state index < -0.39 is 11.7 Å². The molecule has 0 bridgehead atoms. The normalized spacial score (nSPS) is 22.3. The molecule has 1 aromatic rings. The molecule has 0 aliphatic carbocycles. The zero-order valence-electron chi connectivity index (χ0n) is 10.4. The summed E-state index contributed by atoms with van der Waals surface area (Å²) in [5.74, 6) is 0. The van der Waals surface area contributed by atoms with Gasteiger partial charge >= 0.3 is 6.09 Å². The Morgan fingerprint density at radius 3 is 3.00 bits per heavy atom. The monoisotopic (exact) mass is 327 g/mol. The molecule has 1 atom stereocenters. The number of nitrogens with zero attached hydrogens (tertiary/aromatic N) is 2. The number of aldehydes is 1. The Balaban J connectivity index is 2.26. The van der Waals surface area contributed by atoms with Gasteiger partial charge in [-0.2, -0.15) is 0 Å². The van der Waals surface area contributed by atoms with Gasteiger partial charge in [-0.3, -0.25) is 9.78 Å². The van der Waals surface area contributed by atoms with Gasteiger partial charge in [-0.25, -0.2) is 4.79 Å². The van der Waals surface area contributed by atoms with Crippen molar-refractivity contribution < 1.29 is 14.3 Å². The molecule has 0 aromatic carbocycles. The molecule has 1 unspecified atom stereocenters. The van der Waals surface area contributed by atoms with Gasteiger partial charge in [-0.1, -0.05) is 0 Å². The fourth-order valence-electron chi connectivity index (χ4n) is 2.31. The number of nitrogens with two attached hydrogens (primary N) is 1. The SMILES string of the molecule is CC1(OC(N)=O)CCN(c2c(Br)cncc2C=O)C1. The second-order valence-corrected chi connectivity index (χ2v) is 5.57. The fourth-order valence-corrected chi connectivity index (χ4v) is 2.91. The van der Waals surface area contributed by atoms with Gasteiger partial charge in [0, 0.05) is 25.4 Å². The molecular weight excluding hydrogens is 314 g/mol. The smallest absolute Gasteiger partial charge is 0.405 e. The summed E-state index contributed by atoms with van der Waals surface area (Å²) in [5, 5.41) is 0. The first kappa shape index (κ1) is 13.8. The van der Waals surface area contributed by atoms with Crippen molar-refractivity contribution in [3.8, 4) is 0 Å². The zero-order valence-corrected chi connectivity index (χ0v) is 12.0. The van der Waals surface area contributed by atoms with Crippen molar-refractivity contribution in [1.29, 1.82) is 0 Å². The molecule has 7 heteroatoms. The first-order valence-electron chi connectivity index (χ1n) is 5.77. The molecule has 1 aromatic heterocycles. The lowest BCUT2D eigenvalue weighted by molar-refractivity contribution is 0.0480. The first-order valence-corrected chi connectivity index (χ1v) is 6.56. The minimum atomic E-state index is -0.784. The van der Waals surface area contributed by atoms with Crippen molar-refractivity contribution in [3.63, 3.8) is 0 Å². The number of ether oxygens (including phenoxy) is 1. The molecule has 102 valence electrons. The van der Waals surface area contributed by atoms with Gasteiger partial charge in [0.2, 0.25) is 0 Å². The molecule has 0 radical (unpaired) electrons. The van der Waals surface area contributed by atoms with Crippen LogP contribution < -0.4 is 10.6 Å². The Morgan fingerprint density at radius 2 is 2.37 bits per heavy atom. The molecule has 19 heavy (non-hydrogen) atoms. The van der Waals surface area contributed by atoms with Crippen LogP contribution in [0.15, 0.2) is 16.9 Å². The maximum atomic E-state index is 11.1. The molecule has 1 saturated heterocycles. The van der Waals surface area contributed by atoms with E-state index in [0.29, 0.717) is 25.1 Å². The molecule has 2 N–H and O–H groups in total. The molecule has 1 aliphatic heterocycles. The third kappa shape index (κ3) is 2.86. The fraction of sp³-hybridized carbons (Fsp3) is 0.417. The number of hydrogen-bond donors (Lipinski definition) is 1. The number of amides is 1. The predicted octanol–water partition coefficient (Wildman–Crippen LogP) is 1.72. The van der Waals surface area contributed by atoms with Gasteiger partial charge in [0.05, 0.1) is 22.3 Å². The van der Waals surface area contributed by atoms with Gasteiger partial charge in [-0.15, -0.1) is 0 Å². The quantitative estimate of drug-likeness (QED) is 0.854.